The van der Waals surface area contributed by atoms with Crippen molar-refractivity contribution >= 4 is 5.91 Å². The second-order valence-electron chi connectivity index (χ2n) is 7.43. The monoisotopic (exact) mass is 293 g/mol. The smallest absolute Gasteiger partial charge is 0.237 e. The minimum atomic E-state index is 0.0792. The molecule has 2 heterocycles. The summed E-state index contributed by atoms with van der Waals surface area (Å²) < 4.78 is 0. The summed E-state index contributed by atoms with van der Waals surface area (Å²) in [5, 5.41) is 6.75. The zero-order valence-corrected chi connectivity index (χ0v) is 13.4. The molecule has 0 aromatic carbocycles. The Morgan fingerprint density at radius 3 is 2.71 bits per heavy atom. The molecule has 0 radical (unpaired) electrons. The molecule has 1 amide bonds. The molecule has 0 aromatic rings. The highest BCUT2D eigenvalue weighted by atomic mass is 16.2. The molecule has 120 valence electrons. The zero-order chi connectivity index (χ0) is 14.7. The molecule has 3 unspecified atom stereocenters. The summed E-state index contributed by atoms with van der Waals surface area (Å²) in [4.78, 5) is 14.7. The fraction of sp³-hybridized carbons (Fsp3) is 0.941. The number of hydrogen-bond acceptors (Lipinski definition) is 3. The van der Waals surface area contributed by atoms with E-state index in [1.54, 1.807) is 0 Å². The van der Waals surface area contributed by atoms with E-state index >= 15 is 0 Å². The van der Waals surface area contributed by atoms with Crippen molar-refractivity contribution in [1.82, 2.24) is 15.5 Å². The van der Waals surface area contributed by atoms with E-state index in [4.69, 9.17) is 0 Å². The lowest BCUT2D eigenvalue weighted by atomic mass is 9.85. The lowest BCUT2D eigenvalue weighted by Crippen LogP contribution is -2.43. The Morgan fingerprint density at radius 2 is 1.95 bits per heavy atom. The van der Waals surface area contributed by atoms with Crippen molar-refractivity contribution in [3.05, 3.63) is 0 Å². The number of hydrogen-bond donors (Lipinski definition) is 2. The number of rotatable bonds is 4. The molecule has 0 bridgehead atoms. The molecule has 3 atom stereocenters. The number of carbonyl (C=O) groups is 1. The van der Waals surface area contributed by atoms with Crippen LogP contribution in [0.3, 0.4) is 0 Å². The molecule has 3 fully saturated rings. The molecule has 21 heavy (non-hydrogen) atoms. The second kappa shape index (κ2) is 7.10. The molecular weight excluding hydrogens is 262 g/mol. The van der Waals surface area contributed by atoms with Crippen LogP contribution in [0.25, 0.3) is 0 Å². The fourth-order valence-electron chi connectivity index (χ4n) is 4.39. The third-order valence-corrected chi connectivity index (χ3v) is 5.87. The van der Waals surface area contributed by atoms with Gasteiger partial charge in [0.15, 0.2) is 0 Å². The van der Waals surface area contributed by atoms with E-state index in [-0.39, 0.29) is 11.9 Å². The van der Waals surface area contributed by atoms with Gasteiger partial charge in [-0.25, -0.2) is 0 Å². The van der Waals surface area contributed by atoms with Crippen LogP contribution in [-0.2, 0) is 4.79 Å². The molecule has 4 nitrogen and oxygen atoms in total. The van der Waals surface area contributed by atoms with Gasteiger partial charge in [-0.15, -0.1) is 0 Å². The standard InChI is InChI=1S/C17H31N3O/c1-20-10-7-13(8-11-20)6-9-18-17(21)16-12-14-4-2-3-5-15(14)19-16/h13-16,19H,2-12H2,1H3,(H,18,21). The zero-order valence-electron chi connectivity index (χ0n) is 13.4. The Labute approximate surface area is 129 Å². The fourth-order valence-corrected chi connectivity index (χ4v) is 4.39. The molecule has 1 saturated carbocycles. The first-order valence-corrected chi connectivity index (χ1v) is 8.94. The van der Waals surface area contributed by atoms with E-state index in [0.717, 1.165) is 31.2 Å². The van der Waals surface area contributed by atoms with Gasteiger partial charge >= 0.3 is 0 Å². The lowest BCUT2D eigenvalue weighted by Gasteiger charge is -2.29. The predicted molar refractivity (Wildman–Crippen MR) is 85.1 cm³/mol. The predicted octanol–water partition coefficient (Wildman–Crippen LogP) is 1.76. The van der Waals surface area contributed by atoms with Crippen molar-refractivity contribution < 1.29 is 4.79 Å². The average Bonchev–Trinajstić information content (AvgIpc) is 2.93. The Bertz CT molecular complexity index is 338. The summed E-state index contributed by atoms with van der Waals surface area (Å²) >= 11 is 0. The van der Waals surface area contributed by atoms with Crippen LogP contribution in [0, 0.1) is 11.8 Å². The molecule has 0 spiro atoms. The van der Waals surface area contributed by atoms with Gasteiger partial charge in [-0.05, 0) is 70.5 Å². The van der Waals surface area contributed by atoms with Crippen LogP contribution in [0.15, 0.2) is 0 Å². The summed E-state index contributed by atoms with van der Waals surface area (Å²) in [7, 11) is 2.20. The number of likely N-dealkylation sites (tertiary alicyclic amines) is 1. The second-order valence-corrected chi connectivity index (χ2v) is 7.43. The minimum Gasteiger partial charge on any atom is -0.355 e. The highest BCUT2D eigenvalue weighted by Crippen LogP contribution is 2.33. The molecule has 0 aromatic heterocycles. The highest BCUT2D eigenvalue weighted by Gasteiger charge is 2.37. The first-order chi connectivity index (χ1) is 10.2. The number of nitrogens with one attached hydrogen (secondary N) is 2. The number of nitrogens with zero attached hydrogens (tertiary/aromatic N) is 1. The molecule has 2 N–H and O–H groups in total. The quantitative estimate of drug-likeness (QED) is 0.830. The highest BCUT2D eigenvalue weighted by molar-refractivity contribution is 5.82. The Hall–Kier alpha value is -0.610. The van der Waals surface area contributed by atoms with Gasteiger partial charge < -0.3 is 15.5 Å². The van der Waals surface area contributed by atoms with Gasteiger partial charge in [0, 0.05) is 12.6 Å². The summed E-state index contributed by atoms with van der Waals surface area (Å²) in [6, 6.07) is 0.693. The average molecular weight is 293 g/mol. The van der Waals surface area contributed by atoms with Gasteiger partial charge in [-0.2, -0.15) is 0 Å². The van der Waals surface area contributed by atoms with Crippen LogP contribution in [0.5, 0.6) is 0 Å². The van der Waals surface area contributed by atoms with Crippen molar-refractivity contribution in [2.75, 3.05) is 26.7 Å². The lowest BCUT2D eigenvalue weighted by molar-refractivity contribution is -0.122. The SMILES string of the molecule is CN1CCC(CCNC(=O)C2CC3CCCCC3N2)CC1. The van der Waals surface area contributed by atoms with Crippen LogP contribution < -0.4 is 10.6 Å². The van der Waals surface area contributed by atoms with Crippen molar-refractivity contribution in [3.63, 3.8) is 0 Å². The maximum absolute atomic E-state index is 12.3. The Balaban J connectivity index is 1.35. The van der Waals surface area contributed by atoms with Crippen LogP contribution >= 0.6 is 0 Å². The van der Waals surface area contributed by atoms with Gasteiger partial charge in [0.05, 0.1) is 6.04 Å². The third-order valence-electron chi connectivity index (χ3n) is 5.87. The number of fused-ring (bicyclic) bond motifs is 1. The molecular formula is C17H31N3O. The van der Waals surface area contributed by atoms with E-state index in [1.165, 1.54) is 51.6 Å². The first-order valence-electron chi connectivity index (χ1n) is 8.94. The largest absolute Gasteiger partial charge is 0.355 e. The molecule has 4 heteroatoms. The molecule has 3 rings (SSSR count). The summed E-state index contributed by atoms with van der Waals surface area (Å²) in [6.45, 7) is 3.29. The van der Waals surface area contributed by atoms with Gasteiger partial charge in [-0.1, -0.05) is 12.8 Å². The van der Waals surface area contributed by atoms with Crippen LogP contribution in [0.1, 0.15) is 51.4 Å². The third kappa shape index (κ3) is 3.98. The van der Waals surface area contributed by atoms with E-state index in [2.05, 4.69) is 22.6 Å². The molecule has 1 aliphatic carbocycles. The van der Waals surface area contributed by atoms with Crippen molar-refractivity contribution in [1.29, 1.82) is 0 Å². The minimum absolute atomic E-state index is 0.0792. The van der Waals surface area contributed by atoms with Crippen LogP contribution in [0.4, 0.5) is 0 Å². The van der Waals surface area contributed by atoms with E-state index < -0.39 is 0 Å². The number of carbonyl (C=O) groups excluding carboxylic acids is 1. The normalized spacial score (nSPS) is 34.6. The Morgan fingerprint density at radius 1 is 1.19 bits per heavy atom. The number of piperidine rings is 1. The van der Waals surface area contributed by atoms with Crippen molar-refractivity contribution in [2.24, 2.45) is 11.8 Å². The van der Waals surface area contributed by atoms with Crippen LogP contribution in [0.2, 0.25) is 0 Å². The van der Waals surface area contributed by atoms with E-state index in [9.17, 15) is 4.79 Å². The maximum atomic E-state index is 12.3. The summed E-state index contributed by atoms with van der Waals surface area (Å²) in [5.74, 6) is 1.81. The summed E-state index contributed by atoms with van der Waals surface area (Å²) in [6.07, 6.45) is 10.1. The van der Waals surface area contributed by atoms with E-state index in [1.807, 2.05) is 0 Å². The van der Waals surface area contributed by atoms with Gasteiger partial charge in [0.1, 0.15) is 0 Å². The van der Waals surface area contributed by atoms with Gasteiger partial charge in [0.25, 0.3) is 0 Å². The van der Waals surface area contributed by atoms with Crippen molar-refractivity contribution in [2.45, 2.75) is 63.5 Å². The number of amides is 1. The van der Waals surface area contributed by atoms with Gasteiger partial charge in [-0.3, -0.25) is 4.79 Å². The van der Waals surface area contributed by atoms with Gasteiger partial charge in [0.2, 0.25) is 5.91 Å². The van der Waals surface area contributed by atoms with E-state index in [0.29, 0.717) is 6.04 Å². The molecule has 3 aliphatic rings. The van der Waals surface area contributed by atoms with Crippen molar-refractivity contribution in [3.8, 4) is 0 Å². The molecule has 2 aliphatic heterocycles. The van der Waals surface area contributed by atoms with Crippen LogP contribution in [-0.4, -0.2) is 49.6 Å². The first kappa shape index (κ1) is 15.3. The maximum Gasteiger partial charge on any atom is 0.237 e. The topological polar surface area (TPSA) is 44.4 Å². The Kier molecular flexibility index (Phi) is 5.17. The molecule has 2 saturated heterocycles. The summed E-state index contributed by atoms with van der Waals surface area (Å²) in [5.41, 5.74) is 0.